The third-order valence-electron chi connectivity index (χ3n) is 3.96. The smallest absolute Gasteiger partial charge is 0.240 e. The molecule has 1 atom stereocenters. The monoisotopic (exact) mass is 408 g/mol. The Balaban J connectivity index is 1.88. The van der Waals surface area contributed by atoms with E-state index < -0.39 is 10.0 Å². The van der Waals surface area contributed by atoms with Crippen LogP contribution in [0.4, 0.5) is 0 Å². The molecule has 6 nitrogen and oxygen atoms in total. The number of rotatable bonds is 8. The van der Waals surface area contributed by atoms with E-state index in [9.17, 15) is 18.0 Å². The SMILES string of the molecule is CC(=O)c1ccc(S(=O)(=O)NCCC(=O)NC(C)c2ccccc2Cl)cc1. The third kappa shape index (κ3) is 5.89. The van der Waals surface area contributed by atoms with Gasteiger partial charge in [0, 0.05) is 23.6 Å². The Morgan fingerprint density at radius 2 is 1.70 bits per heavy atom. The summed E-state index contributed by atoms with van der Waals surface area (Å²) >= 11 is 6.10. The van der Waals surface area contributed by atoms with E-state index in [0.717, 1.165) is 5.56 Å². The van der Waals surface area contributed by atoms with Gasteiger partial charge in [-0.2, -0.15) is 0 Å². The maximum absolute atomic E-state index is 12.2. The zero-order chi connectivity index (χ0) is 20.0. The molecule has 2 N–H and O–H groups in total. The Morgan fingerprint density at radius 1 is 1.07 bits per heavy atom. The highest BCUT2D eigenvalue weighted by molar-refractivity contribution is 7.89. The fourth-order valence-corrected chi connectivity index (χ4v) is 3.80. The number of ketones is 1. The number of nitrogens with one attached hydrogen (secondary N) is 2. The number of hydrogen-bond donors (Lipinski definition) is 2. The summed E-state index contributed by atoms with van der Waals surface area (Å²) in [6.45, 7) is 3.17. The molecule has 2 rings (SSSR count). The molecule has 2 aromatic carbocycles. The molecule has 0 saturated carbocycles. The summed E-state index contributed by atoms with van der Waals surface area (Å²) in [5.74, 6) is -0.437. The van der Waals surface area contributed by atoms with Crippen LogP contribution < -0.4 is 10.0 Å². The zero-order valence-corrected chi connectivity index (χ0v) is 16.6. The highest BCUT2D eigenvalue weighted by Gasteiger charge is 2.16. The second-order valence-corrected chi connectivity index (χ2v) is 8.21. The summed E-state index contributed by atoms with van der Waals surface area (Å²) < 4.78 is 26.9. The molecule has 27 heavy (non-hydrogen) atoms. The van der Waals surface area contributed by atoms with E-state index >= 15 is 0 Å². The van der Waals surface area contributed by atoms with Gasteiger partial charge in [-0.25, -0.2) is 13.1 Å². The molecule has 0 heterocycles. The van der Waals surface area contributed by atoms with Gasteiger partial charge in [0.2, 0.25) is 15.9 Å². The van der Waals surface area contributed by atoms with Crippen molar-refractivity contribution in [2.75, 3.05) is 6.54 Å². The van der Waals surface area contributed by atoms with Gasteiger partial charge in [0.15, 0.2) is 5.78 Å². The van der Waals surface area contributed by atoms with Crippen molar-refractivity contribution in [2.24, 2.45) is 0 Å². The number of halogens is 1. The molecule has 2 aromatic rings. The summed E-state index contributed by atoms with van der Waals surface area (Å²) in [6.07, 6.45) is -0.0143. The van der Waals surface area contributed by atoms with E-state index in [0.29, 0.717) is 10.6 Å². The van der Waals surface area contributed by atoms with E-state index in [1.54, 1.807) is 19.1 Å². The van der Waals surface area contributed by atoms with Crippen LogP contribution in [0.25, 0.3) is 0 Å². The minimum absolute atomic E-state index is 0.0143. The molecule has 0 fully saturated rings. The molecule has 0 aliphatic carbocycles. The first kappa shape index (κ1) is 21.1. The lowest BCUT2D eigenvalue weighted by Crippen LogP contribution is -2.32. The van der Waals surface area contributed by atoms with Crippen LogP contribution in [0, 0.1) is 0 Å². The van der Waals surface area contributed by atoms with Crippen LogP contribution in [0.15, 0.2) is 53.4 Å². The molecule has 0 aliphatic heterocycles. The van der Waals surface area contributed by atoms with Gasteiger partial charge < -0.3 is 5.32 Å². The van der Waals surface area contributed by atoms with Crippen LogP contribution in [-0.2, 0) is 14.8 Å². The maximum atomic E-state index is 12.2. The normalized spacial score (nSPS) is 12.4. The van der Waals surface area contributed by atoms with Crippen molar-refractivity contribution in [1.82, 2.24) is 10.0 Å². The van der Waals surface area contributed by atoms with Gasteiger partial charge in [0.1, 0.15) is 0 Å². The number of carbonyl (C=O) groups is 2. The molecule has 0 radical (unpaired) electrons. The van der Waals surface area contributed by atoms with E-state index in [1.165, 1.54) is 31.2 Å². The summed E-state index contributed by atoms with van der Waals surface area (Å²) in [4.78, 5) is 23.3. The molecular weight excluding hydrogens is 388 g/mol. The minimum atomic E-state index is -3.75. The van der Waals surface area contributed by atoms with E-state index in [4.69, 9.17) is 11.6 Å². The lowest BCUT2D eigenvalue weighted by molar-refractivity contribution is -0.121. The van der Waals surface area contributed by atoms with Crippen molar-refractivity contribution in [1.29, 1.82) is 0 Å². The van der Waals surface area contributed by atoms with Crippen molar-refractivity contribution in [3.63, 3.8) is 0 Å². The number of sulfonamides is 1. The van der Waals surface area contributed by atoms with Gasteiger partial charge in [-0.15, -0.1) is 0 Å². The number of Topliss-reactive ketones (excluding diaryl/α,β-unsaturated/α-hetero) is 1. The first-order chi connectivity index (χ1) is 12.7. The van der Waals surface area contributed by atoms with Crippen LogP contribution in [0.2, 0.25) is 5.02 Å². The average molecular weight is 409 g/mol. The summed E-state index contributed by atoms with van der Waals surface area (Å²) in [7, 11) is -3.75. The predicted molar refractivity (Wildman–Crippen MR) is 104 cm³/mol. The van der Waals surface area contributed by atoms with Crippen molar-refractivity contribution in [3.8, 4) is 0 Å². The van der Waals surface area contributed by atoms with E-state index in [-0.39, 0.29) is 35.6 Å². The highest BCUT2D eigenvalue weighted by atomic mass is 35.5. The van der Waals surface area contributed by atoms with Crippen LogP contribution in [0.5, 0.6) is 0 Å². The van der Waals surface area contributed by atoms with Gasteiger partial charge in [0.05, 0.1) is 10.9 Å². The van der Waals surface area contributed by atoms with Crippen LogP contribution in [0.1, 0.15) is 42.2 Å². The standard InChI is InChI=1S/C19H21ClN2O4S/c1-13(17-5-3-4-6-18(17)20)22-19(24)11-12-21-27(25,26)16-9-7-15(8-10-16)14(2)23/h3-10,13,21H,11-12H2,1-2H3,(H,22,24). The molecular formula is C19H21ClN2O4S. The predicted octanol–water partition coefficient (Wildman–Crippen LogP) is 3.09. The molecule has 144 valence electrons. The fraction of sp³-hybridized carbons (Fsp3) is 0.263. The van der Waals surface area contributed by atoms with Crippen molar-refractivity contribution in [3.05, 3.63) is 64.7 Å². The van der Waals surface area contributed by atoms with Gasteiger partial charge in [-0.05, 0) is 37.6 Å². The van der Waals surface area contributed by atoms with Crippen molar-refractivity contribution >= 4 is 33.3 Å². The van der Waals surface area contributed by atoms with E-state index in [1.807, 2.05) is 12.1 Å². The summed E-state index contributed by atoms with van der Waals surface area (Å²) in [5, 5.41) is 3.34. The quantitative estimate of drug-likeness (QED) is 0.656. The molecule has 1 amide bonds. The van der Waals surface area contributed by atoms with Crippen LogP contribution in [0.3, 0.4) is 0 Å². The lowest BCUT2D eigenvalue weighted by atomic mass is 10.1. The molecule has 0 spiro atoms. The Bertz CT molecular complexity index is 927. The molecule has 0 aliphatic rings. The Hall–Kier alpha value is -2.22. The van der Waals surface area contributed by atoms with Gasteiger partial charge in [0.25, 0.3) is 0 Å². The second-order valence-electron chi connectivity index (χ2n) is 6.04. The Kier molecular flexibility index (Phi) is 7.12. The Morgan fingerprint density at radius 3 is 2.30 bits per heavy atom. The highest BCUT2D eigenvalue weighted by Crippen LogP contribution is 2.22. The molecule has 1 unspecified atom stereocenters. The maximum Gasteiger partial charge on any atom is 0.240 e. The van der Waals surface area contributed by atoms with Crippen LogP contribution in [-0.4, -0.2) is 26.7 Å². The van der Waals surface area contributed by atoms with Gasteiger partial charge in [-0.1, -0.05) is 41.9 Å². The molecule has 0 saturated heterocycles. The van der Waals surface area contributed by atoms with Crippen molar-refractivity contribution in [2.45, 2.75) is 31.2 Å². The number of hydrogen-bond acceptors (Lipinski definition) is 4. The lowest BCUT2D eigenvalue weighted by Gasteiger charge is -2.15. The summed E-state index contributed by atoms with van der Waals surface area (Å²) in [5.41, 5.74) is 1.22. The first-order valence-electron chi connectivity index (χ1n) is 8.35. The Labute approximate surface area is 164 Å². The first-order valence-corrected chi connectivity index (χ1v) is 10.2. The molecule has 8 heteroatoms. The van der Waals surface area contributed by atoms with Crippen molar-refractivity contribution < 1.29 is 18.0 Å². The second kappa shape index (κ2) is 9.12. The average Bonchev–Trinajstić information content (AvgIpc) is 2.61. The molecule has 0 aromatic heterocycles. The number of benzene rings is 2. The largest absolute Gasteiger partial charge is 0.349 e. The third-order valence-corrected chi connectivity index (χ3v) is 5.79. The van der Waals surface area contributed by atoms with Gasteiger partial charge in [-0.3, -0.25) is 9.59 Å². The zero-order valence-electron chi connectivity index (χ0n) is 15.0. The topological polar surface area (TPSA) is 92.3 Å². The number of amides is 1. The fourth-order valence-electron chi connectivity index (χ4n) is 2.47. The van der Waals surface area contributed by atoms with E-state index in [2.05, 4.69) is 10.0 Å². The summed E-state index contributed by atoms with van der Waals surface area (Å²) in [6, 6.07) is 12.5. The minimum Gasteiger partial charge on any atom is -0.349 e. The number of carbonyl (C=O) groups excluding carboxylic acids is 2. The molecule has 0 bridgehead atoms. The van der Waals surface area contributed by atoms with Crippen LogP contribution >= 0.6 is 11.6 Å². The van der Waals surface area contributed by atoms with Gasteiger partial charge >= 0.3 is 0 Å².